The lowest BCUT2D eigenvalue weighted by molar-refractivity contribution is -0.125. The van der Waals surface area contributed by atoms with E-state index in [2.05, 4.69) is 0 Å². The molecule has 1 aliphatic carbocycles. The standard InChI is InChI=1S/C11H7Cl2F2NO3/c12-11(13)5(3-8(11)17)9-6(14)1-4(2-7(9)15)16-10(18)19/h1-2,5,16H,3H2,(H,18,19). The maximum atomic E-state index is 13.8. The molecule has 0 radical (unpaired) electrons. The average molecular weight is 310 g/mol. The summed E-state index contributed by atoms with van der Waals surface area (Å²) in [5.41, 5.74) is -0.674. The molecule has 1 aliphatic rings. The van der Waals surface area contributed by atoms with Crippen molar-refractivity contribution in [3.63, 3.8) is 0 Å². The van der Waals surface area contributed by atoms with E-state index in [9.17, 15) is 18.4 Å². The summed E-state index contributed by atoms with van der Waals surface area (Å²) < 4.78 is 25.8. The number of rotatable bonds is 2. The minimum absolute atomic E-state index is 0.160. The van der Waals surface area contributed by atoms with Crippen molar-refractivity contribution in [2.45, 2.75) is 16.7 Å². The number of hydrogen-bond donors (Lipinski definition) is 2. The molecular weight excluding hydrogens is 303 g/mol. The second-order valence-electron chi connectivity index (χ2n) is 4.09. The first-order valence-electron chi connectivity index (χ1n) is 5.13. The van der Waals surface area contributed by atoms with Crippen LogP contribution in [0.5, 0.6) is 0 Å². The van der Waals surface area contributed by atoms with Crippen molar-refractivity contribution >= 4 is 40.8 Å². The molecular formula is C11H7Cl2F2NO3. The first kappa shape index (κ1) is 14.0. The number of anilines is 1. The number of benzene rings is 1. The van der Waals surface area contributed by atoms with E-state index in [0.717, 1.165) is 12.1 Å². The lowest BCUT2D eigenvalue weighted by atomic mass is 9.77. The van der Waals surface area contributed by atoms with Crippen molar-refractivity contribution in [1.82, 2.24) is 0 Å². The molecule has 0 heterocycles. The zero-order chi connectivity index (χ0) is 14.4. The van der Waals surface area contributed by atoms with Gasteiger partial charge in [0.25, 0.3) is 0 Å². The van der Waals surface area contributed by atoms with Crippen molar-refractivity contribution in [2.75, 3.05) is 5.32 Å². The van der Waals surface area contributed by atoms with Gasteiger partial charge in [-0.05, 0) is 12.1 Å². The molecule has 1 saturated carbocycles. The Balaban J connectivity index is 2.38. The minimum Gasteiger partial charge on any atom is -0.465 e. The minimum atomic E-state index is -1.84. The Hall–Kier alpha value is -1.40. The third-order valence-corrected chi connectivity index (χ3v) is 3.83. The molecule has 2 rings (SSSR count). The van der Waals surface area contributed by atoms with E-state index >= 15 is 0 Å². The maximum Gasteiger partial charge on any atom is 0.409 e. The van der Waals surface area contributed by atoms with E-state index in [1.54, 1.807) is 0 Å². The van der Waals surface area contributed by atoms with E-state index in [1.807, 2.05) is 5.32 Å². The lowest BCUT2D eigenvalue weighted by Crippen LogP contribution is -2.46. The van der Waals surface area contributed by atoms with Crippen molar-refractivity contribution in [1.29, 1.82) is 0 Å². The second-order valence-corrected chi connectivity index (χ2v) is 5.47. The van der Waals surface area contributed by atoms with E-state index in [-0.39, 0.29) is 12.1 Å². The summed E-state index contributed by atoms with van der Waals surface area (Å²) in [5, 5.41) is 10.3. The predicted molar refractivity (Wildman–Crippen MR) is 64.8 cm³/mol. The van der Waals surface area contributed by atoms with Crippen LogP contribution in [-0.4, -0.2) is 21.3 Å². The molecule has 1 amide bonds. The first-order chi connectivity index (χ1) is 8.73. The molecule has 1 unspecified atom stereocenters. The highest BCUT2D eigenvalue weighted by molar-refractivity contribution is 6.61. The van der Waals surface area contributed by atoms with Crippen molar-refractivity contribution in [3.05, 3.63) is 29.3 Å². The molecule has 1 aromatic rings. The van der Waals surface area contributed by atoms with Crippen LogP contribution in [0, 0.1) is 11.6 Å². The molecule has 0 spiro atoms. The molecule has 0 aromatic heterocycles. The number of nitrogens with one attached hydrogen (secondary N) is 1. The maximum absolute atomic E-state index is 13.8. The summed E-state index contributed by atoms with van der Waals surface area (Å²) in [6, 6.07) is 1.61. The number of amides is 1. The number of ketones is 1. The smallest absolute Gasteiger partial charge is 0.409 e. The summed E-state index contributed by atoms with van der Waals surface area (Å²) in [5.74, 6) is -3.51. The number of carbonyl (C=O) groups excluding carboxylic acids is 1. The molecule has 0 saturated heterocycles. The molecule has 2 N–H and O–H groups in total. The topological polar surface area (TPSA) is 66.4 Å². The van der Waals surface area contributed by atoms with Crippen LogP contribution in [0.25, 0.3) is 0 Å². The van der Waals surface area contributed by atoms with Gasteiger partial charge in [0, 0.05) is 23.6 Å². The Labute approximate surface area is 116 Å². The summed E-state index contributed by atoms with van der Waals surface area (Å²) in [6.45, 7) is 0. The molecule has 0 aliphatic heterocycles. The van der Waals surface area contributed by atoms with Gasteiger partial charge in [-0.2, -0.15) is 0 Å². The SMILES string of the molecule is O=C(O)Nc1cc(F)c(C2CC(=O)C2(Cl)Cl)c(F)c1. The number of Topliss-reactive ketones (excluding diaryl/α,β-unsaturated/α-hetero) is 1. The molecule has 19 heavy (non-hydrogen) atoms. The molecule has 4 nitrogen and oxygen atoms in total. The van der Waals surface area contributed by atoms with Gasteiger partial charge < -0.3 is 5.11 Å². The third-order valence-electron chi connectivity index (χ3n) is 2.88. The number of carbonyl (C=O) groups is 2. The average Bonchev–Trinajstić information content (AvgIpc) is 2.26. The number of carboxylic acid groups (broad SMARTS) is 1. The summed E-state index contributed by atoms with van der Waals surface area (Å²) in [7, 11) is 0. The monoisotopic (exact) mass is 309 g/mol. The Morgan fingerprint density at radius 1 is 1.37 bits per heavy atom. The van der Waals surface area contributed by atoms with Crippen LogP contribution in [0.1, 0.15) is 17.9 Å². The first-order valence-corrected chi connectivity index (χ1v) is 5.89. The van der Waals surface area contributed by atoms with Crippen LogP contribution in [-0.2, 0) is 4.79 Å². The van der Waals surface area contributed by atoms with Crippen LogP contribution < -0.4 is 5.32 Å². The van der Waals surface area contributed by atoms with Gasteiger partial charge in [0.1, 0.15) is 11.6 Å². The van der Waals surface area contributed by atoms with Gasteiger partial charge in [0.15, 0.2) is 10.1 Å². The van der Waals surface area contributed by atoms with Crippen molar-refractivity contribution < 1.29 is 23.5 Å². The van der Waals surface area contributed by atoms with Crippen LogP contribution in [0.4, 0.5) is 19.3 Å². The van der Waals surface area contributed by atoms with Crippen LogP contribution >= 0.6 is 23.2 Å². The van der Waals surface area contributed by atoms with E-state index in [1.165, 1.54) is 0 Å². The fourth-order valence-electron chi connectivity index (χ4n) is 1.91. The Bertz CT molecular complexity index is 554. The van der Waals surface area contributed by atoms with Crippen molar-refractivity contribution in [3.8, 4) is 0 Å². The fourth-order valence-corrected chi connectivity index (χ4v) is 2.44. The molecule has 0 bridgehead atoms. The number of hydrogen-bond acceptors (Lipinski definition) is 2. The van der Waals surface area contributed by atoms with E-state index in [0.29, 0.717) is 0 Å². The molecule has 1 atom stereocenters. The van der Waals surface area contributed by atoms with E-state index in [4.69, 9.17) is 28.3 Å². The fraction of sp³-hybridized carbons (Fsp3) is 0.273. The lowest BCUT2D eigenvalue weighted by Gasteiger charge is -2.38. The van der Waals surface area contributed by atoms with E-state index < -0.39 is 39.3 Å². The zero-order valence-electron chi connectivity index (χ0n) is 9.21. The normalized spacial score (nSPS) is 20.8. The van der Waals surface area contributed by atoms with Gasteiger partial charge in [-0.3, -0.25) is 10.1 Å². The van der Waals surface area contributed by atoms with Gasteiger partial charge >= 0.3 is 6.09 Å². The molecule has 102 valence electrons. The highest BCUT2D eigenvalue weighted by Gasteiger charge is 2.54. The Morgan fingerprint density at radius 2 is 1.89 bits per heavy atom. The largest absolute Gasteiger partial charge is 0.465 e. The summed E-state index contributed by atoms with van der Waals surface area (Å²) in [6.07, 6.45) is -1.61. The highest BCUT2D eigenvalue weighted by atomic mass is 35.5. The Kier molecular flexibility index (Phi) is 3.40. The van der Waals surface area contributed by atoms with Gasteiger partial charge in [-0.1, -0.05) is 23.2 Å². The third kappa shape index (κ3) is 2.37. The molecule has 1 aromatic carbocycles. The molecule has 8 heteroatoms. The van der Waals surface area contributed by atoms with Gasteiger partial charge in [0.2, 0.25) is 0 Å². The van der Waals surface area contributed by atoms with Crippen molar-refractivity contribution in [2.24, 2.45) is 0 Å². The highest BCUT2D eigenvalue weighted by Crippen LogP contribution is 2.52. The number of halogens is 4. The predicted octanol–water partition coefficient (Wildman–Crippen LogP) is 3.29. The number of alkyl halides is 2. The van der Waals surface area contributed by atoms with Crippen LogP contribution in [0.3, 0.4) is 0 Å². The summed E-state index contributed by atoms with van der Waals surface area (Å²) >= 11 is 11.4. The van der Waals surface area contributed by atoms with Gasteiger partial charge in [-0.15, -0.1) is 0 Å². The van der Waals surface area contributed by atoms with Gasteiger partial charge in [-0.25, -0.2) is 13.6 Å². The quantitative estimate of drug-likeness (QED) is 0.824. The molecule has 1 fully saturated rings. The van der Waals surface area contributed by atoms with Crippen LogP contribution in [0.2, 0.25) is 0 Å². The van der Waals surface area contributed by atoms with Gasteiger partial charge in [0.05, 0.1) is 0 Å². The summed E-state index contributed by atoms with van der Waals surface area (Å²) in [4.78, 5) is 21.6. The Morgan fingerprint density at radius 3 is 2.26 bits per heavy atom. The second kappa shape index (κ2) is 4.61. The zero-order valence-corrected chi connectivity index (χ0v) is 10.7. The van der Waals surface area contributed by atoms with Crippen LogP contribution in [0.15, 0.2) is 12.1 Å².